The van der Waals surface area contributed by atoms with E-state index in [1.54, 1.807) is 24.0 Å². The van der Waals surface area contributed by atoms with Gasteiger partial charge in [-0.3, -0.25) is 14.6 Å². The molecule has 2 heterocycles. The van der Waals surface area contributed by atoms with Crippen molar-refractivity contribution in [3.05, 3.63) is 34.3 Å². The van der Waals surface area contributed by atoms with Crippen molar-refractivity contribution in [1.29, 1.82) is 0 Å². The van der Waals surface area contributed by atoms with Crippen molar-refractivity contribution < 1.29 is 23.5 Å². The summed E-state index contributed by atoms with van der Waals surface area (Å²) in [4.78, 5) is 51.4. The number of piperidine rings is 1. The van der Waals surface area contributed by atoms with Crippen LogP contribution in [0.25, 0.3) is 11.1 Å². The lowest BCUT2D eigenvalue weighted by Crippen LogP contribution is -2.46. The summed E-state index contributed by atoms with van der Waals surface area (Å²) in [7, 11) is 0. The Labute approximate surface area is 161 Å². The minimum atomic E-state index is -0.576. The van der Waals surface area contributed by atoms with E-state index in [2.05, 4.69) is 10.3 Å². The summed E-state index contributed by atoms with van der Waals surface area (Å²) in [5, 5.41) is 2.92. The average Bonchev–Trinajstić information content (AvgIpc) is 3.06. The molecule has 0 unspecified atom stereocenters. The van der Waals surface area contributed by atoms with Crippen molar-refractivity contribution >= 4 is 28.9 Å². The van der Waals surface area contributed by atoms with Gasteiger partial charge < -0.3 is 19.4 Å². The quantitative estimate of drug-likeness (QED) is 0.727. The van der Waals surface area contributed by atoms with Gasteiger partial charge in [0.05, 0.1) is 12.1 Å². The summed E-state index contributed by atoms with van der Waals surface area (Å²) in [6, 6.07) is 4.68. The molecule has 0 radical (unpaired) electrons. The minimum Gasteiger partial charge on any atom is -0.450 e. The third-order valence-electron chi connectivity index (χ3n) is 4.71. The Hall–Kier alpha value is -3.10. The summed E-state index contributed by atoms with van der Waals surface area (Å²) < 4.78 is 9.91. The van der Waals surface area contributed by atoms with Crippen LogP contribution in [0.2, 0.25) is 0 Å². The summed E-state index contributed by atoms with van der Waals surface area (Å²) in [5.74, 6) is -0.969. The van der Waals surface area contributed by atoms with E-state index in [9.17, 15) is 19.2 Å². The minimum absolute atomic E-state index is 0.0150. The number of aromatic amines is 1. The first-order valence-corrected chi connectivity index (χ1v) is 9.33. The van der Waals surface area contributed by atoms with Gasteiger partial charge in [-0.25, -0.2) is 9.59 Å². The Balaban J connectivity index is 1.44. The molecule has 2 amide bonds. The number of amides is 2. The van der Waals surface area contributed by atoms with Crippen molar-refractivity contribution in [2.24, 2.45) is 0 Å². The highest BCUT2D eigenvalue weighted by Gasteiger charge is 2.24. The van der Waals surface area contributed by atoms with Gasteiger partial charge in [0.15, 0.2) is 11.4 Å². The Bertz CT molecular complexity index is 923. The second-order valence-electron chi connectivity index (χ2n) is 6.68. The van der Waals surface area contributed by atoms with Gasteiger partial charge >= 0.3 is 11.8 Å². The number of ether oxygens (including phenoxy) is 1. The van der Waals surface area contributed by atoms with Crippen LogP contribution in [-0.4, -0.2) is 53.4 Å². The number of aromatic nitrogens is 1. The van der Waals surface area contributed by atoms with Crippen molar-refractivity contribution in [2.75, 3.05) is 19.7 Å². The molecule has 1 fully saturated rings. The molecule has 28 heavy (non-hydrogen) atoms. The molecule has 2 aromatic rings. The second-order valence-corrected chi connectivity index (χ2v) is 6.68. The Kier molecular flexibility index (Phi) is 6.13. The third kappa shape index (κ3) is 4.79. The number of carbonyl (C=O) groups excluding carboxylic acids is 3. The van der Waals surface area contributed by atoms with Crippen LogP contribution >= 0.6 is 0 Å². The first-order chi connectivity index (χ1) is 13.5. The fourth-order valence-electron chi connectivity index (χ4n) is 3.21. The third-order valence-corrected chi connectivity index (χ3v) is 4.71. The highest BCUT2D eigenvalue weighted by atomic mass is 16.6. The zero-order chi connectivity index (χ0) is 20.1. The van der Waals surface area contributed by atoms with E-state index in [0.29, 0.717) is 49.2 Å². The van der Waals surface area contributed by atoms with Crippen LogP contribution in [0.15, 0.2) is 27.4 Å². The van der Waals surface area contributed by atoms with Gasteiger partial charge in [0.1, 0.15) is 0 Å². The van der Waals surface area contributed by atoms with E-state index in [4.69, 9.17) is 9.15 Å². The van der Waals surface area contributed by atoms with Gasteiger partial charge in [0.25, 0.3) is 0 Å². The molecule has 1 aliphatic rings. The number of ketones is 1. The fraction of sp³-hybridized carbons (Fsp3) is 0.474. The molecular formula is C19H23N3O6. The predicted octanol–water partition coefficient (Wildman–Crippen LogP) is 1.82. The standard InChI is InChI=1S/C19H23N3O6/c1-2-27-19(26)22-9-7-13(8-10-22)20-17(24)6-5-15(23)12-3-4-14-16(11-12)28-18(25)21-14/h3-4,11,13H,2,5-10H2,1H3,(H,20,24)(H,21,25). The van der Waals surface area contributed by atoms with E-state index < -0.39 is 5.76 Å². The van der Waals surface area contributed by atoms with E-state index >= 15 is 0 Å². The van der Waals surface area contributed by atoms with Gasteiger partial charge in [0, 0.05) is 37.5 Å². The molecule has 9 heteroatoms. The number of nitrogens with one attached hydrogen (secondary N) is 2. The van der Waals surface area contributed by atoms with Crippen molar-refractivity contribution in [1.82, 2.24) is 15.2 Å². The van der Waals surface area contributed by atoms with Crippen LogP contribution < -0.4 is 11.1 Å². The molecule has 0 aliphatic carbocycles. The number of nitrogens with zero attached hydrogens (tertiary/aromatic N) is 1. The highest BCUT2D eigenvalue weighted by Crippen LogP contribution is 2.15. The molecule has 9 nitrogen and oxygen atoms in total. The lowest BCUT2D eigenvalue weighted by Gasteiger charge is -2.31. The molecule has 1 saturated heterocycles. The molecule has 150 valence electrons. The molecule has 2 N–H and O–H groups in total. The number of rotatable bonds is 6. The molecular weight excluding hydrogens is 366 g/mol. The van der Waals surface area contributed by atoms with Crippen LogP contribution in [-0.2, 0) is 9.53 Å². The van der Waals surface area contributed by atoms with Gasteiger partial charge in [-0.1, -0.05) is 0 Å². The summed E-state index contributed by atoms with van der Waals surface area (Å²) in [5.41, 5.74) is 1.23. The number of benzene rings is 1. The summed E-state index contributed by atoms with van der Waals surface area (Å²) in [6.07, 6.45) is 1.12. The maximum Gasteiger partial charge on any atom is 0.417 e. The number of oxazole rings is 1. The topological polar surface area (TPSA) is 122 Å². The van der Waals surface area contributed by atoms with E-state index in [0.717, 1.165) is 0 Å². The zero-order valence-electron chi connectivity index (χ0n) is 15.7. The molecule has 3 rings (SSSR count). The normalized spacial score (nSPS) is 14.8. The number of likely N-dealkylation sites (tertiary alicyclic amines) is 1. The van der Waals surface area contributed by atoms with Gasteiger partial charge in [-0.15, -0.1) is 0 Å². The summed E-state index contributed by atoms with van der Waals surface area (Å²) in [6.45, 7) is 3.17. The Morgan fingerprint density at radius 1 is 1.25 bits per heavy atom. The van der Waals surface area contributed by atoms with Gasteiger partial charge in [-0.2, -0.15) is 0 Å². The van der Waals surface area contributed by atoms with Crippen LogP contribution in [0, 0.1) is 0 Å². The number of Topliss-reactive ketones (excluding diaryl/α,β-unsaturated/α-hetero) is 1. The molecule has 0 saturated carbocycles. The summed E-state index contributed by atoms with van der Waals surface area (Å²) >= 11 is 0. The highest BCUT2D eigenvalue weighted by molar-refractivity contribution is 6.00. The Morgan fingerprint density at radius 3 is 2.71 bits per heavy atom. The van der Waals surface area contributed by atoms with Crippen LogP contribution in [0.5, 0.6) is 0 Å². The van der Waals surface area contributed by atoms with E-state index in [1.165, 1.54) is 6.07 Å². The lowest BCUT2D eigenvalue weighted by molar-refractivity contribution is -0.122. The molecule has 0 bridgehead atoms. The zero-order valence-corrected chi connectivity index (χ0v) is 15.7. The van der Waals surface area contributed by atoms with Crippen LogP contribution in [0.3, 0.4) is 0 Å². The SMILES string of the molecule is CCOC(=O)N1CCC(NC(=O)CCC(=O)c2ccc3[nH]c(=O)oc3c2)CC1. The van der Waals surface area contributed by atoms with Gasteiger partial charge in [-0.05, 0) is 38.0 Å². The first-order valence-electron chi connectivity index (χ1n) is 9.33. The number of hydrogen-bond acceptors (Lipinski definition) is 6. The van der Waals surface area contributed by atoms with Crippen LogP contribution in [0.1, 0.15) is 43.0 Å². The van der Waals surface area contributed by atoms with Gasteiger partial charge in [0.2, 0.25) is 5.91 Å². The number of fused-ring (bicyclic) bond motifs is 1. The molecule has 0 atom stereocenters. The fourth-order valence-corrected chi connectivity index (χ4v) is 3.21. The van der Waals surface area contributed by atoms with Crippen LogP contribution in [0.4, 0.5) is 4.79 Å². The largest absolute Gasteiger partial charge is 0.450 e. The molecule has 0 spiro atoms. The number of H-pyrrole nitrogens is 1. The molecule has 1 aliphatic heterocycles. The lowest BCUT2D eigenvalue weighted by atomic mass is 10.0. The maximum atomic E-state index is 12.3. The number of hydrogen-bond donors (Lipinski definition) is 2. The average molecular weight is 389 g/mol. The van der Waals surface area contributed by atoms with Crippen molar-refractivity contribution in [2.45, 2.75) is 38.6 Å². The second kappa shape index (κ2) is 8.73. The van der Waals surface area contributed by atoms with E-state index in [-0.39, 0.29) is 36.7 Å². The maximum absolute atomic E-state index is 12.3. The Morgan fingerprint density at radius 2 is 2.00 bits per heavy atom. The van der Waals surface area contributed by atoms with E-state index in [1.807, 2.05) is 0 Å². The molecule has 1 aromatic carbocycles. The monoisotopic (exact) mass is 389 g/mol. The van der Waals surface area contributed by atoms with Crippen molar-refractivity contribution in [3.8, 4) is 0 Å². The van der Waals surface area contributed by atoms with Crippen molar-refractivity contribution in [3.63, 3.8) is 0 Å². The number of carbonyl (C=O) groups is 3. The molecule has 1 aromatic heterocycles. The smallest absolute Gasteiger partial charge is 0.417 e. The first kappa shape index (κ1) is 19.7. The predicted molar refractivity (Wildman–Crippen MR) is 100 cm³/mol.